The van der Waals surface area contributed by atoms with Gasteiger partial charge in [-0.25, -0.2) is 0 Å². The van der Waals surface area contributed by atoms with Crippen molar-refractivity contribution >= 4 is 16.8 Å². The number of aryl methyl sites for hydroxylation is 1. The lowest BCUT2D eigenvalue weighted by Gasteiger charge is -2.39. The Labute approximate surface area is 136 Å². The molecule has 1 aromatic carbocycles. The van der Waals surface area contributed by atoms with Crippen LogP contribution >= 0.6 is 0 Å². The van der Waals surface area contributed by atoms with Crippen molar-refractivity contribution in [2.24, 2.45) is 5.41 Å². The van der Waals surface area contributed by atoms with Crippen molar-refractivity contribution in [1.29, 1.82) is 0 Å². The minimum absolute atomic E-state index is 0.245. The molecule has 2 aromatic rings. The van der Waals surface area contributed by atoms with Crippen molar-refractivity contribution in [2.45, 2.75) is 32.1 Å². The standard InChI is InChI=1S/C19H24N2O2/c22-18(21-10-3-8-19(13-21)9-11-23-14-19)7-6-15-12-20-17-5-2-1-4-16(15)17/h1-2,4-5,12,20H,3,6-11,13-14H2/t19-/m1/s1. The predicted molar refractivity (Wildman–Crippen MR) is 90.3 cm³/mol. The molecule has 0 bridgehead atoms. The van der Waals surface area contributed by atoms with Crippen molar-refractivity contribution in [3.8, 4) is 0 Å². The summed E-state index contributed by atoms with van der Waals surface area (Å²) in [5.41, 5.74) is 2.63. The summed E-state index contributed by atoms with van der Waals surface area (Å²) < 4.78 is 5.59. The molecule has 0 aliphatic carbocycles. The van der Waals surface area contributed by atoms with Crippen LogP contribution in [0.4, 0.5) is 0 Å². The minimum atomic E-state index is 0.245. The smallest absolute Gasteiger partial charge is 0.222 e. The van der Waals surface area contributed by atoms with E-state index in [0.29, 0.717) is 12.3 Å². The number of nitrogens with zero attached hydrogens (tertiary/aromatic N) is 1. The number of nitrogens with one attached hydrogen (secondary N) is 1. The molecular weight excluding hydrogens is 288 g/mol. The summed E-state index contributed by atoms with van der Waals surface area (Å²) in [7, 11) is 0. The first-order valence-electron chi connectivity index (χ1n) is 8.66. The number of aromatic amines is 1. The zero-order chi connectivity index (χ0) is 15.7. The summed E-state index contributed by atoms with van der Waals surface area (Å²) in [6, 6.07) is 8.28. The van der Waals surface area contributed by atoms with Gasteiger partial charge >= 0.3 is 0 Å². The highest BCUT2D eigenvalue weighted by Gasteiger charge is 2.40. The van der Waals surface area contributed by atoms with E-state index < -0.39 is 0 Å². The van der Waals surface area contributed by atoms with E-state index in [0.717, 1.165) is 51.1 Å². The average Bonchev–Trinajstić information content (AvgIpc) is 3.20. The number of piperidine rings is 1. The largest absolute Gasteiger partial charge is 0.381 e. The van der Waals surface area contributed by atoms with Gasteiger partial charge in [0.05, 0.1) is 6.61 Å². The van der Waals surface area contributed by atoms with E-state index in [9.17, 15) is 4.79 Å². The number of para-hydroxylation sites is 1. The summed E-state index contributed by atoms with van der Waals surface area (Å²) in [4.78, 5) is 18.0. The fourth-order valence-electron chi connectivity index (χ4n) is 4.13. The van der Waals surface area contributed by atoms with Crippen molar-refractivity contribution in [3.05, 3.63) is 36.0 Å². The monoisotopic (exact) mass is 312 g/mol. The molecule has 4 heteroatoms. The van der Waals surface area contributed by atoms with Gasteiger partial charge in [0.1, 0.15) is 0 Å². The molecule has 2 aliphatic heterocycles. The number of benzene rings is 1. The Hall–Kier alpha value is -1.81. The van der Waals surface area contributed by atoms with Gasteiger partial charge in [-0.05, 0) is 37.3 Å². The third kappa shape index (κ3) is 2.88. The van der Waals surface area contributed by atoms with Crippen LogP contribution in [0.25, 0.3) is 10.9 Å². The lowest BCUT2D eigenvalue weighted by atomic mass is 9.79. The van der Waals surface area contributed by atoms with E-state index in [4.69, 9.17) is 4.74 Å². The number of rotatable bonds is 3. The highest BCUT2D eigenvalue weighted by molar-refractivity contribution is 5.84. The van der Waals surface area contributed by atoms with E-state index in [1.54, 1.807) is 0 Å². The van der Waals surface area contributed by atoms with Crippen molar-refractivity contribution in [2.75, 3.05) is 26.3 Å². The molecule has 2 aliphatic rings. The number of hydrogen-bond donors (Lipinski definition) is 1. The van der Waals surface area contributed by atoms with Crippen molar-refractivity contribution < 1.29 is 9.53 Å². The summed E-state index contributed by atoms with van der Waals surface area (Å²) in [5.74, 6) is 0.293. The lowest BCUT2D eigenvalue weighted by molar-refractivity contribution is -0.134. The number of carbonyl (C=O) groups excluding carboxylic acids is 1. The number of H-pyrrole nitrogens is 1. The first kappa shape index (κ1) is 14.8. The van der Waals surface area contributed by atoms with E-state index in [1.165, 1.54) is 17.4 Å². The average molecular weight is 312 g/mol. The Morgan fingerprint density at radius 2 is 2.22 bits per heavy atom. The molecule has 4 rings (SSSR count). The van der Waals surface area contributed by atoms with Crippen LogP contribution in [-0.2, 0) is 16.0 Å². The van der Waals surface area contributed by atoms with E-state index in [1.807, 2.05) is 12.3 Å². The topological polar surface area (TPSA) is 45.3 Å². The molecular formula is C19H24N2O2. The summed E-state index contributed by atoms with van der Waals surface area (Å²) in [6.45, 7) is 3.49. The first-order chi connectivity index (χ1) is 11.3. The zero-order valence-electron chi connectivity index (χ0n) is 13.5. The van der Waals surface area contributed by atoms with Gasteiger partial charge in [0, 0.05) is 48.6 Å². The summed E-state index contributed by atoms with van der Waals surface area (Å²) in [6.07, 6.45) is 6.88. The molecule has 0 saturated carbocycles. The van der Waals surface area contributed by atoms with Crippen LogP contribution in [0.3, 0.4) is 0 Å². The maximum atomic E-state index is 12.6. The molecule has 1 spiro atoms. The molecule has 2 saturated heterocycles. The third-order valence-electron chi connectivity index (χ3n) is 5.48. The zero-order valence-corrected chi connectivity index (χ0v) is 13.5. The Morgan fingerprint density at radius 3 is 3.09 bits per heavy atom. The van der Waals surface area contributed by atoms with Crippen LogP contribution in [0, 0.1) is 5.41 Å². The first-order valence-corrected chi connectivity index (χ1v) is 8.66. The second kappa shape index (κ2) is 6.00. The number of carbonyl (C=O) groups is 1. The van der Waals surface area contributed by atoms with E-state index in [-0.39, 0.29) is 5.41 Å². The quantitative estimate of drug-likeness (QED) is 0.946. The number of hydrogen-bond acceptors (Lipinski definition) is 2. The number of fused-ring (bicyclic) bond motifs is 1. The predicted octanol–water partition coefficient (Wildman–Crippen LogP) is 3.13. The van der Waals surface area contributed by atoms with Crippen molar-refractivity contribution in [3.63, 3.8) is 0 Å². The van der Waals surface area contributed by atoms with Gasteiger partial charge in [0.25, 0.3) is 0 Å². The van der Waals surface area contributed by atoms with Crippen LogP contribution in [-0.4, -0.2) is 42.1 Å². The fraction of sp³-hybridized carbons (Fsp3) is 0.526. The number of aromatic nitrogens is 1. The van der Waals surface area contributed by atoms with E-state index >= 15 is 0 Å². The molecule has 1 amide bonds. The highest BCUT2D eigenvalue weighted by Crippen LogP contribution is 2.37. The fourth-order valence-corrected chi connectivity index (χ4v) is 4.13. The Morgan fingerprint density at radius 1 is 1.30 bits per heavy atom. The van der Waals surface area contributed by atoms with Crippen LogP contribution in [0.2, 0.25) is 0 Å². The molecule has 0 radical (unpaired) electrons. The number of amides is 1. The number of ether oxygens (including phenoxy) is 1. The number of likely N-dealkylation sites (tertiary alicyclic amines) is 1. The molecule has 23 heavy (non-hydrogen) atoms. The Balaban J connectivity index is 1.40. The molecule has 122 valence electrons. The molecule has 3 heterocycles. The van der Waals surface area contributed by atoms with Crippen LogP contribution in [0.1, 0.15) is 31.2 Å². The molecule has 0 unspecified atom stereocenters. The molecule has 1 N–H and O–H groups in total. The summed E-state index contributed by atoms with van der Waals surface area (Å²) >= 11 is 0. The SMILES string of the molecule is O=C(CCc1c[nH]c2ccccc12)N1CCC[C@@]2(CCOC2)C1. The normalized spacial score (nSPS) is 24.6. The van der Waals surface area contributed by atoms with Gasteiger partial charge in [-0.1, -0.05) is 18.2 Å². The second-order valence-corrected chi connectivity index (χ2v) is 7.08. The molecule has 1 atom stereocenters. The summed E-state index contributed by atoms with van der Waals surface area (Å²) in [5, 5.41) is 1.24. The van der Waals surface area contributed by atoms with Gasteiger partial charge in [0.2, 0.25) is 5.91 Å². The van der Waals surface area contributed by atoms with Gasteiger partial charge in [-0.15, -0.1) is 0 Å². The van der Waals surface area contributed by atoms with Crippen LogP contribution in [0.15, 0.2) is 30.5 Å². The molecule has 2 fully saturated rings. The minimum Gasteiger partial charge on any atom is -0.381 e. The van der Waals surface area contributed by atoms with Gasteiger partial charge in [0.15, 0.2) is 0 Å². The maximum Gasteiger partial charge on any atom is 0.222 e. The highest BCUT2D eigenvalue weighted by atomic mass is 16.5. The maximum absolute atomic E-state index is 12.6. The van der Waals surface area contributed by atoms with Crippen LogP contribution in [0.5, 0.6) is 0 Å². The Bertz CT molecular complexity index is 700. The second-order valence-electron chi connectivity index (χ2n) is 7.08. The Kier molecular flexibility index (Phi) is 3.85. The molecule has 4 nitrogen and oxygen atoms in total. The lowest BCUT2D eigenvalue weighted by Crippen LogP contribution is -2.46. The van der Waals surface area contributed by atoms with Gasteiger partial charge in [-0.2, -0.15) is 0 Å². The molecule has 1 aromatic heterocycles. The van der Waals surface area contributed by atoms with Crippen molar-refractivity contribution in [1.82, 2.24) is 9.88 Å². The van der Waals surface area contributed by atoms with Gasteiger partial charge in [-0.3, -0.25) is 4.79 Å². The van der Waals surface area contributed by atoms with Crippen LogP contribution < -0.4 is 0 Å². The van der Waals surface area contributed by atoms with E-state index in [2.05, 4.69) is 28.1 Å². The van der Waals surface area contributed by atoms with Gasteiger partial charge < -0.3 is 14.6 Å². The third-order valence-corrected chi connectivity index (χ3v) is 5.48.